The molecule has 0 bridgehead atoms. The van der Waals surface area contributed by atoms with Crippen LogP contribution in [0.3, 0.4) is 0 Å². The highest BCUT2D eigenvalue weighted by atomic mass is 16.4. The minimum atomic E-state index is -0.815. The fourth-order valence-electron chi connectivity index (χ4n) is 2.32. The lowest BCUT2D eigenvalue weighted by Gasteiger charge is -2.10. The molecule has 1 heterocycles. The maximum absolute atomic E-state index is 10.8. The van der Waals surface area contributed by atoms with Gasteiger partial charge < -0.3 is 9.52 Å². The Morgan fingerprint density at radius 2 is 1.75 bits per heavy atom. The third-order valence-electron chi connectivity index (χ3n) is 3.29. The number of carboxylic acids is 1. The van der Waals surface area contributed by atoms with Crippen LogP contribution in [0.5, 0.6) is 0 Å². The second-order valence-corrected chi connectivity index (χ2v) is 4.69. The van der Waals surface area contributed by atoms with Crippen molar-refractivity contribution in [2.45, 2.75) is 12.8 Å². The molecule has 0 fully saturated rings. The Kier molecular flexibility index (Phi) is 3.25. The SMILES string of the molecule is O=C(O)CCc1oc(-c2ccccc2)cc2cccc1-2. The normalized spacial score (nSPS) is 10.8. The summed E-state index contributed by atoms with van der Waals surface area (Å²) in [6, 6.07) is 17.8. The molecule has 0 atom stereocenters. The van der Waals surface area contributed by atoms with E-state index in [1.807, 2.05) is 54.6 Å². The number of aryl methyl sites for hydroxylation is 1. The van der Waals surface area contributed by atoms with E-state index in [2.05, 4.69) is 0 Å². The summed E-state index contributed by atoms with van der Waals surface area (Å²) in [6.07, 6.45) is 0.471. The van der Waals surface area contributed by atoms with Gasteiger partial charge in [-0.2, -0.15) is 0 Å². The number of hydrogen-bond acceptors (Lipinski definition) is 2. The number of aliphatic carboxylic acids is 1. The zero-order valence-corrected chi connectivity index (χ0v) is 10.9. The van der Waals surface area contributed by atoms with Gasteiger partial charge in [0.15, 0.2) is 0 Å². The van der Waals surface area contributed by atoms with E-state index in [0.29, 0.717) is 6.42 Å². The van der Waals surface area contributed by atoms with E-state index >= 15 is 0 Å². The standard InChI is InChI=1S/C17H14O3/c18-17(19)10-9-15-14-8-4-7-13(14)11-16(20-15)12-5-2-1-3-6-12/h1-8,11H,9-10H2,(H,18,19). The zero-order chi connectivity index (χ0) is 13.9. The number of benzene rings is 1. The van der Waals surface area contributed by atoms with Gasteiger partial charge in [-0.25, -0.2) is 0 Å². The van der Waals surface area contributed by atoms with Gasteiger partial charge in [0.1, 0.15) is 11.5 Å². The van der Waals surface area contributed by atoms with Crippen LogP contribution in [0.4, 0.5) is 0 Å². The monoisotopic (exact) mass is 266 g/mol. The first kappa shape index (κ1) is 12.5. The topological polar surface area (TPSA) is 50.4 Å². The third-order valence-corrected chi connectivity index (χ3v) is 3.29. The summed E-state index contributed by atoms with van der Waals surface area (Å²) in [5.41, 5.74) is 3.06. The van der Waals surface area contributed by atoms with Crippen molar-refractivity contribution < 1.29 is 14.3 Å². The van der Waals surface area contributed by atoms with Crippen LogP contribution in [0.1, 0.15) is 12.2 Å². The fourth-order valence-corrected chi connectivity index (χ4v) is 2.32. The Morgan fingerprint density at radius 1 is 1.00 bits per heavy atom. The Hall–Kier alpha value is -2.55. The number of carbonyl (C=O) groups is 1. The number of carboxylic acid groups (broad SMARTS) is 1. The van der Waals surface area contributed by atoms with Gasteiger partial charge in [-0.3, -0.25) is 4.79 Å². The maximum Gasteiger partial charge on any atom is 0.303 e. The van der Waals surface area contributed by atoms with Gasteiger partial charge in [0, 0.05) is 17.5 Å². The van der Waals surface area contributed by atoms with Crippen LogP contribution in [-0.2, 0) is 11.2 Å². The molecule has 0 aromatic heterocycles. The molecule has 1 aromatic rings. The summed E-state index contributed by atoms with van der Waals surface area (Å²) < 4.78 is 5.92. The van der Waals surface area contributed by atoms with Crippen molar-refractivity contribution in [1.82, 2.24) is 0 Å². The molecule has 0 spiro atoms. The highest BCUT2D eigenvalue weighted by molar-refractivity contribution is 5.74. The van der Waals surface area contributed by atoms with Gasteiger partial charge in [0.2, 0.25) is 0 Å². The van der Waals surface area contributed by atoms with E-state index in [1.54, 1.807) is 0 Å². The van der Waals surface area contributed by atoms with Crippen LogP contribution in [0.25, 0.3) is 22.5 Å². The quantitative estimate of drug-likeness (QED) is 0.774. The van der Waals surface area contributed by atoms with Gasteiger partial charge in [-0.1, -0.05) is 48.5 Å². The summed E-state index contributed by atoms with van der Waals surface area (Å²) >= 11 is 0. The van der Waals surface area contributed by atoms with Gasteiger partial charge in [0.25, 0.3) is 0 Å². The van der Waals surface area contributed by atoms with Crippen molar-refractivity contribution in [3.8, 4) is 22.5 Å². The summed E-state index contributed by atoms with van der Waals surface area (Å²) in [6.45, 7) is 0. The smallest absolute Gasteiger partial charge is 0.303 e. The van der Waals surface area contributed by atoms with Crippen molar-refractivity contribution >= 4 is 5.97 Å². The summed E-state index contributed by atoms with van der Waals surface area (Å²) in [4.78, 5) is 10.8. The lowest BCUT2D eigenvalue weighted by atomic mass is 10.0. The van der Waals surface area contributed by atoms with Crippen LogP contribution < -0.4 is 0 Å². The van der Waals surface area contributed by atoms with Crippen LogP contribution in [0, 0.1) is 0 Å². The molecule has 1 aromatic carbocycles. The van der Waals surface area contributed by atoms with E-state index < -0.39 is 5.97 Å². The van der Waals surface area contributed by atoms with Gasteiger partial charge in [0.05, 0.1) is 6.42 Å². The van der Waals surface area contributed by atoms with E-state index in [9.17, 15) is 4.79 Å². The van der Waals surface area contributed by atoms with Gasteiger partial charge in [-0.05, 0) is 11.6 Å². The molecule has 2 aliphatic rings. The van der Waals surface area contributed by atoms with Crippen molar-refractivity contribution in [2.24, 2.45) is 0 Å². The molecular formula is C17H14O3. The highest BCUT2D eigenvalue weighted by Crippen LogP contribution is 2.33. The molecule has 1 N–H and O–H groups in total. The van der Waals surface area contributed by atoms with Crippen LogP contribution in [-0.4, -0.2) is 11.1 Å². The Balaban J connectivity index is 2.06. The van der Waals surface area contributed by atoms with Crippen molar-refractivity contribution in [3.05, 3.63) is 60.4 Å². The maximum atomic E-state index is 10.8. The molecule has 3 heteroatoms. The molecule has 0 unspecified atom stereocenters. The Bertz CT molecular complexity index is 698. The fraction of sp³-hybridized carbons (Fsp3) is 0.118. The molecule has 0 saturated carbocycles. The molecule has 100 valence electrons. The third kappa shape index (κ3) is 2.43. The summed E-state index contributed by atoms with van der Waals surface area (Å²) in [5.74, 6) is 0.684. The summed E-state index contributed by atoms with van der Waals surface area (Å²) in [7, 11) is 0. The molecule has 0 radical (unpaired) electrons. The molecule has 3 rings (SSSR count). The number of fused-ring (bicyclic) bond motifs is 1. The van der Waals surface area contributed by atoms with Gasteiger partial charge in [-0.15, -0.1) is 0 Å². The first-order valence-corrected chi connectivity index (χ1v) is 6.53. The lowest BCUT2D eigenvalue weighted by Crippen LogP contribution is -1.99. The molecule has 1 aliphatic carbocycles. The Labute approximate surface area is 116 Å². The number of rotatable bonds is 4. The minimum absolute atomic E-state index is 0.0715. The largest absolute Gasteiger partial charge is 0.481 e. The van der Waals surface area contributed by atoms with Crippen LogP contribution in [0.15, 0.2) is 59.0 Å². The predicted molar refractivity (Wildman–Crippen MR) is 76.7 cm³/mol. The van der Waals surface area contributed by atoms with E-state index in [-0.39, 0.29) is 6.42 Å². The first-order valence-electron chi connectivity index (χ1n) is 6.53. The molecule has 0 saturated heterocycles. The molecular weight excluding hydrogens is 252 g/mol. The van der Waals surface area contributed by atoms with Crippen molar-refractivity contribution in [3.63, 3.8) is 0 Å². The molecule has 1 aliphatic heterocycles. The molecule has 20 heavy (non-hydrogen) atoms. The van der Waals surface area contributed by atoms with Crippen molar-refractivity contribution in [1.29, 1.82) is 0 Å². The second kappa shape index (κ2) is 5.21. The predicted octanol–water partition coefficient (Wildman–Crippen LogP) is 4.07. The van der Waals surface area contributed by atoms with E-state index in [0.717, 1.165) is 28.2 Å². The van der Waals surface area contributed by atoms with Gasteiger partial charge >= 0.3 is 5.97 Å². The summed E-state index contributed by atoms with van der Waals surface area (Å²) in [5, 5.41) is 8.84. The van der Waals surface area contributed by atoms with E-state index in [1.165, 1.54) is 0 Å². The zero-order valence-electron chi connectivity index (χ0n) is 10.9. The minimum Gasteiger partial charge on any atom is -0.481 e. The first-order chi connectivity index (χ1) is 9.74. The Morgan fingerprint density at radius 3 is 2.50 bits per heavy atom. The highest BCUT2D eigenvalue weighted by Gasteiger charge is 2.15. The molecule has 0 amide bonds. The van der Waals surface area contributed by atoms with Crippen molar-refractivity contribution in [2.75, 3.05) is 0 Å². The average Bonchev–Trinajstić information content (AvgIpc) is 2.94. The average molecular weight is 266 g/mol. The lowest BCUT2D eigenvalue weighted by molar-refractivity contribution is -0.137. The second-order valence-electron chi connectivity index (χ2n) is 4.69. The number of hydrogen-bond donors (Lipinski definition) is 1. The van der Waals surface area contributed by atoms with E-state index in [4.69, 9.17) is 9.52 Å². The van der Waals surface area contributed by atoms with Crippen LogP contribution in [0.2, 0.25) is 0 Å². The van der Waals surface area contributed by atoms with Crippen LogP contribution >= 0.6 is 0 Å². The molecule has 3 nitrogen and oxygen atoms in total.